The Morgan fingerprint density at radius 3 is 1.77 bits per heavy atom. The van der Waals surface area contributed by atoms with Crippen LogP contribution in [0.2, 0.25) is 0 Å². The maximum atomic E-state index is 14.1. The van der Waals surface area contributed by atoms with Crippen LogP contribution in [0.25, 0.3) is 22.1 Å². The van der Waals surface area contributed by atoms with E-state index in [0.29, 0.717) is 87.6 Å². The number of piperidine rings is 1. The second-order valence-electron chi connectivity index (χ2n) is 13.9. The van der Waals surface area contributed by atoms with Crippen molar-refractivity contribution in [1.29, 1.82) is 0 Å². The topological polar surface area (TPSA) is 189 Å². The second kappa shape index (κ2) is 18.4. The lowest BCUT2D eigenvalue weighted by Crippen LogP contribution is -2.47. The van der Waals surface area contributed by atoms with E-state index in [0.717, 1.165) is 11.1 Å². The molecule has 5 heterocycles. The SMILES string of the molecule is C=CCOc1cccc(C(C(=O)N2CCC(O)(c3ccccc3)CC2)n2cnc3[nH]ncc3c2=S)c1.C=CCOc1cccc(C(C(=O)O)n2cnc3[nH]ncc3c2=S)c1. The minimum Gasteiger partial charge on any atom is -0.490 e. The Bertz CT molecular complexity index is 2770. The number of carboxylic acid groups (broad SMARTS) is 1. The lowest BCUT2D eigenvalue weighted by molar-refractivity contribution is -0.140. The van der Waals surface area contributed by atoms with Gasteiger partial charge in [-0.05, 0) is 53.8 Å². The van der Waals surface area contributed by atoms with Crippen molar-refractivity contribution < 1.29 is 29.3 Å². The highest BCUT2D eigenvalue weighted by atomic mass is 32.1. The molecule has 2 unspecified atom stereocenters. The number of nitrogens with one attached hydrogen (secondary N) is 2. The number of fused-ring (bicyclic) bond motifs is 2. The minimum atomic E-state index is -1.04. The van der Waals surface area contributed by atoms with E-state index < -0.39 is 23.7 Å². The summed E-state index contributed by atoms with van der Waals surface area (Å²) >= 11 is 11.2. The summed E-state index contributed by atoms with van der Waals surface area (Å²) in [5.74, 6) is 0.0250. The molecule has 1 aliphatic rings. The number of carboxylic acids is 1. The third kappa shape index (κ3) is 8.78. The van der Waals surface area contributed by atoms with Gasteiger partial charge in [-0.15, -0.1) is 0 Å². The van der Waals surface area contributed by atoms with Gasteiger partial charge in [-0.1, -0.05) is 104 Å². The number of benzene rings is 3. The standard InChI is InChI=1S/C27H27N5O3S.C16H14N4O3S/c1-2-15-35-21-10-6-7-19(16-21)23(32-18-28-24-22(26(32)36)17-29-30-24)25(33)31-13-11-27(34,12-14-31)20-8-4-3-5-9-20;1-2-6-23-11-5-3-4-10(7-11)13(16(21)22)20-9-17-14-12(15(20)24)8-18-19-14/h2-10,16-18,23,34H,1,11-15H2,(H,29,30);2-5,7-9,13H,1,6H2,(H,18,19)(H,21,22). The number of likely N-dealkylation sites (tertiary alicyclic amines) is 1. The fourth-order valence-electron chi connectivity index (χ4n) is 7.07. The van der Waals surface area contributed by atoms with Gasteiger partial charge in [0.1, 0.15) is 40.0 Å². The van der Waals surface area contributed by atoms with Crippen LogP contribution in [0, 0.1) is 9.28 Å². The van der Waals surface area contributed by atoms with Crippen molar-refractivity contribution in [2.75, 3.05) is 26.3 Å². The molecule has 15 nitrogen and oxygen atoms in total. The summed E-state index contributed by atoms with van der Waals surface area (Å²) in [6.07, 6.45) is 10.3. The zero-order chi connectivity index (χ0) is 42.2. The number of hydrogen-bond donors (Lipinski definition) is 4. The highest BCUT2D eigenvalue weighted by Gasteiger charge is 2.38. The predicted octanol–water partition coefficient (Wildman–Crippen LogP) is 6.88. The molecule has 306 valence electrons. The van der Waals surface area contributed by atoms with Gasteiger partial charge in [0, 0.05) is 13.1 Å². The van der Waals surface area contributed by atoms with E-state index in [-0.39, 0.29) is 5.91 Å². The Morgan fingerprint density at radius 2 is 1.27 bits per heavy atom. The smallest absolute Gasteiger partial charge is 0.331 e. The van der Waals surface area contributed by atoms with Crippen LogP contribution in [-0.4, -0.2) is 92.8 Å². The number of amides is 1. The van der Waals surface area contributed by atoms with E-state index in [2.05, 4.69) is 43.5 Å². The van der Waals surface area contributed by atoms with Gasteiger partial charge >= 0.3 is 5.97 Å². The van der Waals surface area contributed by atoms with E-state index in [9.17, 15) is 19.8 Å². The number of ether oxygens (including phenoxy) is 2. The molecule has 17 heteroatoms. The first kappa shape index (κ1) is 41.3. The van der Waals surface area contributed by atoms with Gasteiger partial charge < -0.3 is 33.7 Å². The molecule has 0 aliphatic carbocycles. The summed E-state index contributed by atoms with van der Waals surface area (Å²) in [5, 5.41) is 35.7. The first-order valence-electron chi connectivity index (χ1n) is 18.9. The molecular formula is C43H41N9O6S2. The van der Waals surface area contributed by atoms with Crippen molar-refractivity contribution in [3.05, 3.63) is 155 Å². The fraction of sp³-hybridized carbons (Fsp3) is 0.209. The molecule has 3 aromatic carbocycles. The van der Waals surface area contributed by atoms with Gasteiger partial charge in [0.05, 0.1) is 41.4 Å². The van der Waals surface area contributed by atoms with Gasteiger partial charge in [-0.3, -0.25) is 15.0 Å². The van der Waals surface area contributed by atoms with Crippen LogP contribution >= 0.6 is 24.4 Å². The van der Waals surface area contributed by atoms with Gasteiger partial charge in [0.15, 0.2) is 17.3 Å². The zero-order valence-corrected chi connectivity index (χ0v) is 33.9. The Morgan fingerprint density at radius 1 is 0.767 bits per heavy atom. The summed E-state index contributed by atoms with van der Waals surface area (Å²) in [6.45, 7) is 8.82. The van der Waals surface area contributed by atoms with E-state index in [1.54, 1.807) is 58.4 Å². The average molecular weight is 844 g/mol. The number of carbonyl (C=O) groups excluding carboxylic acids is 1. The van der Waals surface area contributed by atoms with Crippen LogP contribution in [0.3, 0.4) is 0 Å². The number of aliphatic carboxylic acids is 1. The molecule has 7 aromatic rings. The van der Waals surface area contributed by atoms with Crippen molar-refractivity contribution in [3.8, 4) is 11.5 Å². The van der Waals surface area contributed by atoms with Gasteiger partial charge in [0.25, 0.3) is 0 Å². The molecule has 0 spiro atoms. The number of aliphatic hydroxyl groups is 1. The number of aromatic nitrogens is 8. The Balaban J connectivity index is 0.000000197. The number of aromatic amines is 2. The van der Waals surface area contributed by atoms with Crippen molar-refractivity contribution in [1.82, 2.24) is 44.4 Å². The van der Waals surface area contributed by atoms with Crippen LogP contribution in [-0.2, 0) is 15.2 Å². The first-order valence-corrected chi connectivity index (χ1v) is 19.7. The predicted molar refractivity (Wildman–Crippen MR) is 230 cm³/mol. The zero-order valence-electron chi connectivity index (χ0n) is 32.3. The number of hydrogen-bond acceptors (Lipinski definition) is 11. The normalized spacial score (nSPS) is 14.4. The summed E-state index contributed by atoms with van der Waals surface area (Å²) < 4.78 is 15.1. The van der Waals surface area contributed by atoms with Crippen molar-refractivity contribution in [3.63, 3.8) is 0 Å². The minimum absolute atomic E-state index is 0.119. The van der Waals surface area contributed by atoms with Crippen LogP contribution < -0.4 is 9.47 Å². The van der Waals surface area contributed by atoms with Crippen molar-refractivity contribution in [2.24, 2.45) is 0 Å². The molecule has 8 rings (SSSR count). The maximum absolute atomic E-state index is 14.1. The fourth-order valence-corrected chi connectivity index (χ4v) is 7.67. The van der Waals surface area contributed by atoms with E-state index in [1.165, 1.54) is 17.1 Å². The quantitative estimate of drug-likeness (QED) is 0.0697. The largest absolute Gasteiger partial charge is 0.490 e. The Kier molecular flexibility index (Phi) is 12.7. The van der Waals surface area contributed by atoms with Gasteiger partial charge in [0.2, 0.25) is 5.91 Å². The van der Waals surface area contributed by atoms with E-state index in [4.69, 9.17) is 33.9 Å². The molecule has 1 amide bonds. The van der Waals surface area contributed by atoms with Gasteiger partial charge in [-0.25, -0.2) is 14.8 Å². The third-order valence-corrected chi connectivity index (χ3v) is 11.0. The maximum Gasteiger partial charge on any atom is 0.331 e. The van der Waals surface area contributed by atoms with E-state index >= 15 is 0 Å². The monoisotopic (exact) mass is 843 g/mol. The highest BCUT2D eigenvalue weighted by molar-refractivity contribution is 7.71. The molecule has 4 N–H and O–H groups in total. The Hall–Kier alpha value is -6.82. The summed E-state index contributed by atoms with van der Waals surface area (Å²) in [4.78, 5) is 36.3. The molecule has 0 radical (unpaired) electrons. The molecule has 1 fully saturated rings. The summed E-state index contributed by atoms with van der Waals surface area (Å²) in [6, 6.07) is 22.1. The Labute approximate surface area is 354 Å². The van der Waals surface area contributed by atoms with Gasteiger partial charge in [-0.2, -0.15) is 10.2 Å². The van der Waals surface area contributed by atoms with Crippen LogP contribution in [0.1, 0.15) is 41.6 Å². The van der Waals surface area contributed by atoms with E-state index in [1.807, 2.05) is 54.6 Å². The lowest BCUT2D eigenvalue weighted by atomic mass is 9.84. The lowest BCUT2D eigenvalue weighted by Gasteiger charge is -2.40. The average Bonchev–Trinajstić information content (AvgIpc) is 3.96. The molecule has 2 atom stereocenters. The molecule has 0 bridgehead atoms. The number of nitrogens with zero attached hydrogens (tertiary/aromatic N) is 7. The first-order chi connectivity index (χ1) is 29.1. The second-order valence-corrected chi connectivity index (χ2v) is 14.7. The summed E-state index contributed by atoms with van der Waals surface area (Å²) in [5.41, 5.74) is 2.26. The molecular weight excluding hydrogens is 803 g/mol. The van der Waals surface area contributed by atoms with Crippen molar-refractivity contribution >= 4 is 58.4 Å². The van der Waals surface area contributed by atoms with Crippen LogP contribution in [0.5, 0.6) is 11.5 Å². The van der Waals surface area contributed by atoms with Crippen LogP contribution in [0.4, 0.5) is 0 Å². The van der Waals surface area contributed by atoms with Crippen molar-refractivity contribution in [2.45, 2.75) is 30.5 Å². The molecule has 1 saturated heterocycles. The summed E-state index contributed by atoms with van der Waals surface area (Å²) in [7, 11) is 0. The highest BCUT2D eigenvalue weighted by Crippen LogP contribution is 2.35. The van der Waals surface area contributed by atoms with Crippen LogP contribution in [0.15, 0.2) is 129 Å². The molecule has 0 saturated carbocycles. The number of carbonyl (C=O) groups is 2. The molecule has 1 aliphatic heterocycles. The number of H-pyrrole nitrogens is 2. The molecule has 4 aromatic heterocycles. The number of rotatable bonds is 13. The molecule has 60 heavy (non-hydrogen) atoms. The third-order valence-electron chi connectivity index (χ3n) is 10.1.